The maximum absolute atomic E-state index is 12.6. The zero-order chi connectivity index (χ0) is 19.7. The molecule has 1 aliphatic heterocycles. The van der Waals surface area contributed by atoms with Gasteiger partial charge in [0.2, 0.25) is 0 Å². The fourth-order valence-corrected chi connectivity index (χ4v) is 3.70. The van der Waals surface area contributed by atoms with Crippen LogP contribution in [-0.2, 0) is 16.1 Å². The predicted octanol–water partition coefficient (Wildman–Crippen LogP) is 3.50. The van der Waals surface area contributed by atoms with Crippen LogP contribution < -0.4 is 5.63 Å². The van der Waals surface area contributed by atoms with Crippen molar-refractivity contribution in [1.82, 2.24) is 4.90 Å². The Morgan fingerprint density at radius 1 is 1.25 bits per heavy atom. The van der Waals surface area contributed by atoms with Crippen molar-refractivity contribution in [2.75, 3.05) is 6.54 Å². The van der Waals surface area contributed by atoms with Gasteiger partial charge in [0.15, 0.2) is 5.76 Å². The second-order valence-electron chi connectivity index (χ2n) is 6.47. The average Bonchev–Trinajstić information content (AvgIpc) is 3.36. The van der Waals surface area contributed by atoms with E-state index in [2.05, 4.69) is 15.9 Å². The lowest BCUT2D eigenvalue weighted by molar-refractivity contribution is -0.149. The topological polar surface area (TPSA) is 90.0 Å². The van der Waals surface area contributed by atoms with Gasteiger partial charge in [0.25, 0.3) is 5.91 Å². The summed E-state index contributed by atoms with van der Waals surface area (Å²) in [6.07, 6.45) is 2.65. The number of carbonyl (C=O) groups excluding carboxylic acids is 2. The van der Waals surface area contributed by atoms with Crippen LogP contribution in [0.25, 0.3) is 11.0 Å². The zero-order valence-corrected chi connectivity index (χ0v) is 16.3. The van der Waals surface area contributed by atoms with Gasteiger partial charge in [-0.1, -0.05) is 15.9 Å². The number of carbonyl (C=O) groups is 2. The molecule has 8 heteroatoms. The number of hydrogen-bond donors (Lipinski definition) is 0. The van der Waals surface area contributed by atoms with Crippen LogP contribution in [-0.4, -0.2) is 29.4 Å². The number of halogens is 1. The van der Waals surface area contributed by atoms with Crippen LogP contribution in [0.1, 0.15) is 29.0 Å². The molecule has 3 aromatic rings. The maximum atomic E-state index is 12.6. The van der Waals surface area contributed by atoms with Crippen molar-refractivity contribution in [3.63, 3.8) is 0 Å². The Balaban J connectivity index is 1.51. The van der Waals surface area contributed by atoms with Crippen molar-refractivity contribution in [2.45, 2.75) is 25.5 Å². The normalized spacial score (nSPS) is 16.5. The summed E-state index contributed by atoms with van der Waals surface area (Å²) in [5.74, 6) is -0.645. The molecular formula is C20H16BrNO6. The van der Waals surface area contributed by atoms with Crippen molar-refractivity contribution < 1.29 is 23.2 Å². The van der Waals surface area contributed by atoms with Crippen LogP contribution in [0.2, 0.25) is 0 Å². The van der Waals surface area contributed by atoms with Gasteiger partial charge >= 0.3 is 11.6 Å². The molecule has 28 heavy (non-hydrogen) atoms. The minimum atomic E-state index is -0.668. The van der Waals surface area contributed by atoms with Crippen molar-refractivity contribution >= 4 is 38.8 Å². The first-order valence-electron chi connectivity index (χ1n) is 8.76. The van der Waals surface area contributed by atoms with E-state index in [9.17, 15) is 14.4 Å². The second kappa shape index (κ2) is 7.63. The molecule has 0 spiro atoms. The number of fused-ring (bicyclic) bond motifs is 1. The van der Waals surface area contributed by atoms with E-state index >= 15 is 0 Å². The summed E-state index contributed by atoms with van der Waals surface area (Å²) >= 11 is 3.33. The number of nitrogens with zero attached hydrogens (tertiary/aromatic N) is 1. The van der Waals surface area contributed by atoms with Crippen LogP contribution in [0, 0.1) is 0 Å². The standard InChI is InChI=1S/C20H16BrNO6/c21-13-5-6-14-12(9-18(23)28-17(14)10-13)11-27-20(25)15-3-1-7-22(15)19(24)16-4-2-8-26-16/h2,4-6,8-10,15H,1,3,7,11H2. The Labute approximate surface area is 168 Å². The summed E-state index contributed by atoms with van der Waals surface area (Å²) in [7, 11) is 0. The molecule has 0 N–H and O–H groups in total. The number of rotatable bonds is 4. The van der Waals surface area contributed by atoms with E-state index in [1.54, 1.807) is 24.3 Å². The first-order chi connectivity index (χ1) is 13.5. The zero-order valence-electron chi connectivity index (χ0n) is 14.7. The number of amides is 1. The Morgan fingerprint density at radius 3 is 2.89 bits per heavy atom. The fraction of sp³-hybridized carbons (Fsp3) is 0.250. The van der Waals surface area contributed by atoms with Crippen molar-refractivity contribution in [3.8, 4) is 0 Å². The molecule has 0 aliphatic carbocycles. The van der Waals surface area contributed by atoms with Gasteiger partial charge in [-0.15, -0.1) is 0 Å². The monoisotopic (exact) mass is 445 g/mol. The molecule has 0 saturated carbocycles. The SMILES string of the molecule is O=C(OCc1cc(=O)oc2cc(Br)ccc12)C1CCCN1C(=O)c1ccco1. The molecule has 1 unspecified atom stereocenters. The van der Waals surface area contributed by atoms with Crippen LogP contribution in [0.3, 0.4) is 0 Å². The molecule has 1 fully saturated rings. The summed E-state index contributed by atoms with van der Waals surface area (Å²) in [5, 5.41) is 0.686. The molecule has 3 heterocycles. The minimum Gasteiger partial charge on any atom is -0.459 e. The fourth-order valence-electron chi connectivity index (χ4n) is 3.36. The van der Waals surface area contributed by atoms with Gasteiger partial charge in [0.05, 0.1) is 6.26 Å². The molecule has 7 nitrogen and oxygen atoms in total. The van der Waals surface area contributed by atoms with Crippen LogP contribution >= 0.6 is 15.9 Å². The van der Waals surface area contributed by atoms with E-state index in [0.717, 1.165) is 4.47 Å². The molecule has 0 bridgehead atoms. The number of esters is 1. The highest BCUT2D eigenvalue weighted by Crippen LogP contribution is 2.24. The second-order valence-corrected chi connectivity index (χ2v) is 7.39. The van der Waals surface area contributed by atoms with Gasteiger partial charge in [-0.25, -0.2) is 9.59 Å². The lowest BCUT2D eigenvalue weighted by Crippen LogP contribution is -2.41. The van der Waals surface area contributed by atoms with Gasteiger partial charge in [-0.3, -0.25) is 4.79 Å². The Hall–Kier alpha value is -2.87. The molecule has 1 atom stereocenters. The third-order valence-corrected chi connectivity index (χ3v) is 5.17. The van der Waals surface area contributed by atoms with Gasteiger partial charge in [-0.05, 0) is 43.2 Å². The van der Waals surface area contributed by atoms with Gasteiger partial charge in [-0.2, -0.15) is 0 Å². The van der Waals surface area contributed by atoms with Crippen LogP contribution in [0.15, 0.2) is 60.8 Å². The summed E-state index contributed by atoms with van der Waals surface area (Å²) in [6, 6.07) is 9.12. The first kappa shape index (κ1) is 18.5. The maximum Gasteiger partial charge on any atom is 0.336 e. The molecule has 1 amide bonds. The summed E-state index contributed by atoms with van der Waals surface area (Å²) in [5.41, 5.74) is 0.435. The van der Waals surface area contributed by atoms with Crippen molar-refractivity contribution in [2.24, 2.45) is 0 Å². The number of ether oxygens (including phenoxy) is 1. The van der Waals surface area contributed by atoms with Gasteiger partial charge in [0.1, 0.15) is 18.2 Å². The Kier molecular flexibility index (Phi) is 5.04. The summed E-state index contributed by atoms with van der Waals surface area (Å²) in [4.78, 5) is 38.4. The highest BCUT2D eigenvalue weighted by Gasteiger charge is 2.36. The number of furan rings is 1. The number of likely N-dealkylation sites (tertiary alicyclic amines) is 1. The average molecular weight is 446 g/mol. The largest absolute Gasteiger partial charge is 0.459 e. The van der Waals surface area contributed by atoms with E-state index in [4.69, 9.17) is 13.6 Å². The molecule has 1 saturated heterocycles. The smallest absolute Gasteiger partial charge is 0.336 e. The quantitative estimate of drug-likeness (QED) is 0.450. The third kappa shape index (κ3) is 3.60. The molecule has 1 aromatic carbocycles. The highest BCUT2D eigenvalue weighted by molar-refractivity contribution is 9.10. The van der Waals surface area contributed by atoms with Crippen molar-refractivity contribution in [1.29, 1.82) is 0 Å². The molecule has 4 rings (SSSR count). The van der Waals surface area contributed by atoms with E-state index < -0.39 is 17.6 Å². The van der Waals surface area contributed by atoms with E-state index in [1.165, 1.54) is 17.2 Å². The van der Waals surface area contributed by atoms with Crippen molar-refractivity contribution in [3.05, 3.63) is 68.9 Å². The third-order valence-electron chi connectivity index (χ3n) is 4.68. The van der Waals surface area contributed by atoms with E-state index in [1.807, 2.05) is 6.07 Å². The lowest BCUT2D eigenvalue weighted by Gasteiger charge is -2.22. The predicted molar refractivity (Wildman–Crippen MR) is 103 cm³/mol. The Bertz CT molecular complexity index is 1090. The van der Waals surface area contributed by atoms with E-state index in [-0.39, 0.29) is 18.3 Å². The minimum absolute atomic E-state index is 0.0815. The molecular weight excluding hydrogens is 430 g/mol. The van der Waals surface area contributed by atoms with Crippen LogP contribution in [0.4, 0.5) is 0 Å². The number of hydrogen-bond acceptors (Lipinski definition) is 6. The molecule has 144 valence electrons. The Morgan fingerprint density at radius 2 is 2.11 bits per heavy atom. The highest BCUT2D eigenvalue weighted by atomic mass is 79.9. The van der Waals surface area contributed by atoms with Gasteiger partial charge < -0.3 is 18.5 Å². The number of benzene rings is 1. The van der Waals surface area contributed by atoms with Gasteiger partial charge in [0, 0.05) is 28.0 Å². The molecule has 2 aromatic heterocycles. The summed E-state index contributed by atoms with van der Waals surface area (Å²) in [6.45, 7) is 0.382. The summed E-state index contributed by atoms with van der Waals surface area (Å²) < 4.78 is 16.6. The first-order valence-corrected chi connectivity index (χ1v) is 9.55. The lowest BCUT2D eigenvalue weighted by atomic mass is 10.1. The molecule has 0 radical (unpaired) electrons. The molecule has 1 aliphatic rings. The van der Waals surface area contributed by atoms with E-state index in [0.29, 0.717) is 35.9 Å². The van der Waals surface area contributed by atoms with Crippen LogP contribution in [0.5, 0.6) is 0 Å².